The van der Waals surface area contributed by atoms with Crippen LogP contribution in [0.25, 0.3) is 11.0 Å². The Balaban J connectivity index is 0.00000176. The first-order chi connectivity index (χ1) is 10.2. The molecule has 0 saturated heterocycles. The van der Waals surface area contributed by atoms with Crippen LogP contribution in [-0.2, 0) is 11.3 Å². The van der Waals surface area contributed by atoms with Crippen molar-refractivity contribution in [1.82, 2.24) is 15.3 Å². The third-order valence-corrected chi connectivity index (χ3v) is 4.42. The summed E-state index contributed by atoms with van der Waals surface area (Å²) in [6, 6.07) is 6.10. The van der Waals surface area contributed by atoms with E-state index < -0.39 is 0 Å². The summed E-state index contributed by atoms with van der Waals surface area (Å²) in [5, 5.41) is 2.99. The van der Waals surface area contributed by atoms with Gasteiger partial charge in [-0.1, -0.05) is 12.5 Å². The summed E-state index contributed by atoms with van der Waals surface area (Å²) in [6.45, 7) is 3.09. The SMILES string of the molecule is Cc1ccc2nc(CNC(=O)[C@@H]3CCC[C@@H]3CN)[nH]c2c1.Cl. The van der Waals surface area contributed by atoms with Gasteiger partial charge in [0.15, 0.2) is 0 Å². The molecule has 2 atom stereocenters. The number of rotatable bonds is 4. The molecule has 1 saturated carbocycles. The minimum atomic E-state index is 0. The summed E-state index contributed by atoms with van der Waals surface area (Å²) in [4.78, 5) is 20.0. The van der Waals surface area contributed by atoms with E-state index >= 15 is 0 Å². The van der Waals surface area contributed by atoms with Crippen LogP contribution in [0.2, 0.25) is 0 Å². The number of aryl methyl sites for hydroxylation is 1. The number of H-pyrrole nitrogens is 1. The van der Waals surface area contributed by atoms with E-state index in [2.05, 4.69) is 28.3 Å². The van der Waals surface area contributed by atoms with Crippen LogP contribution in [0.15, 0.2) is 18.2 Å². The van der Waals surface area contributed by atoms with Crippen LogP contribution < -0.4 is 11.1 Å². The van der Waals surface area contributed by atoms with Crippen molar-refractivity contribution in [1.29, 1.82) is 0 Å². The Hall–Kier alpha value is -1.59. The second-order valence-corrected chi connectivity index (χ2v) is 5.96. The van der Waals surface area contributed by atoms with Crippen LogP contribution >= 0.6 is 12.4 Å². The molecule has 0 bridgehead atoms. The summed E-state index contributed by atoms with van der Waals surface area (Å²) in [6.07, 6.45) is 3.12. The van der Waals surface area contributed by atoms with Crippen LogP contribution in [0.1, 0.15) is 30.7 Å². The van der Waals surface area contributed by atoms with E-state index in [1.165, 1.54) is 5.56 Å². The molecular formula is C16H23ClN4O. The Morgan fingerprint density at radius 3 is 3.05 bits per heavy atom. The molecule has 22 heavy (non-hydrogen) atoms. The van der Waals surface area contributed by atoms with E-state index in [1.54, 1.807) is 0 Å². The van der Waals surface area contributed by atoms with E-state index in [0.717, 1.165) is 36.1 Å². The van der Waals surface area contributed by atoms with Gasteiger partial charge in [0.2, 0.25) is 5.91 Å². The molecule has 1 amide bonds. The van der Waals surface area contributed by atoms with E-state index in [9.17, 15) is 4.79 Å². The molecule has 0 unspecified atom stereocenters. The topological polar surface area (TPSA) is 83.8 Å². The van der Waals surface area contributed by atoms with Gasteiger partial charge in [-0.2, -0.15) is 0 Å². The lowest BCUT2D eigenvalue weighted by Crippen LogP contribution is -2.34. The molecule has 0 spiro atoms. The highest BCUT2D eigenvalue weighted by atomic mass is 35.5. The molecule has 1 aliphatic rings. The summed E-state index contributed by atoms with van der Waals surface area (Å²) in [7, 11) is 0. The van der Waals surface area contributed by atoms with Gasteiger partial charge in [0.05, 0.1) is 17.6 Å². The van der Waals surface area contributed by atoms with Gasteiger partial charge in [-0.25, -0.2) is 4.98 Å². The number of hydrogen-bond donors (Lipinski definition) is 3. The number of nitrogens with one attached hydrogen (secondary N) is 2. The fourth-order valence-corrected chi connectivity index (χ4v) is 3.23. The average Bonchev–Trinajstić information content (AvgIpc) is 3.10. The zero-order valence-electron chi connectivity index (χ0n) is 12.8. The maximum atomic E-state index is 12.2. The minimum absolute atomic E-state index is 0. The Morgan fingerprint density at radius 1 is 1.45 bits per heavy atom. The monoisotopic (exact) mass is 322 g/mol. The van der Waals surface area contributed by atoms with Crippen molar-refractivity contribution in [3.05, 3.63) is 29.6 Å². The Bertz CT molecular complexity index is 655. The molecule has 0 radical (unpaired) electrons. The van der Waals surface area contributed by atoms with Crippen molar-refractivity contribution in [2.45, 2.75) is 32.7 Å². The number of fused-ring (bicyclic) bond motifs is 1. The zero-order chi connectivity index (χ0) is 14.8. The lowest BCUT2D eigenvalue weighted by molar-refractivity contribution is -0.126. The van der Waals surface area contributed by atoms with E-state index in [4.69, 9.17) is 5.73 Å². The molecule has 120 valence electrons. The number of aromatic amines is 1. The summed E-state index contributed by atoms with van der Waals surface area (Å²) in [5.41, 5.74) is 8.88. The summed E-state index contributed by atoms with van der Waals surface area (Å²) >= 11 is 0. The number of nitrogens with zero attached hydrogens (tertiary/aromatic N) is 1. The van der Waals surface area contributed by atoms with Crippen molar-refractivity contribution in [2.75, 3.05) is 6.54 Å². The Labute approximate surface area is 136 Å². The maximum absolute atomic E-state index is 12.2. The number of benzene rings is 1. The number of carbonyl (C=O) groups is 1. The van der Waals surface area contributed by atoms with Gasteiger partial charge < -0.3 is 16.0 Å². The quantitative estimate of drug-likeness (QED) is 0.807. The van der Waals surface area contributed by atoms with Gasteiger partial charge in [-0.05, 0) is 49.9 Å². The van der Waals surface area contributed by atoms with E-state index in [1.807, 2.05) is 12.1 Å². The van der Waals surface area contributed by atoms with Crippen LogP contribution in [0.3, 0.4) is 0 Å². The van der Waals surface area contributed by atoms with Gasteiger partial charge in [0, 0.05) is 5.92 Å². The molecule has 1 fully saturated rings. The molecule has 6 heteroatoms. The highest BCUT2D eigenvalue weighted by Gasteiger charge is 2.31. The third-order valence-electron chi connectivity index (χ3n) is 4.42. The van der Waals surface area contributed by atoms with Crippen LogP contribution in [0.5, 0.6) is 0 Å². The number of carbonyl (C=O) groups excluding carboxylic acids is 1. The number of halogens is 1. The van der Waals surface area contributed by atoms with Crippen LogP contribution in [0, 0.1) is 18.8 Å². The van der Waals surface area contributed by atoms with Gasteiger partial charge in [0.1, 0.15) is 5.82 Å². The fourth-order valence-electron chi connectivity index (χ4n) is 3.23. The first-order valence-corrected chi connectivity index (χ1v) is 7.60. The van der Waals surface area contributed by atoms with Gasteiger partial charge in [-0.3, -0.25) is 4.79 Å². The molecular weight excluding hydrogens is 300 g/mol. The highest BCUT2D eigenvalue weighted by Crippen LogP contribution is 2.30. The number of nitrogens with two attached hydrogens (primary N) is 1. The van der Waals surface area contributed by atoms with Crippen molar-refractivity contribution in [2.24, 2.45) is 17.6 Å². The van der Waals surface area contributed by atoms with E-state index in [0.29, 0.717) is 19.0 Å². The first kappa shape index (κ1) is 16.8. The predicted molar refractivity (Wildman–Crippen MR) is 89.8 cm³/mol. The Morgan fingerprint density at radius 2 is 2.27 bits per heavy atom. The van der Waals surface area contributed by atoms with Gasteiger partial charge in [-0.15, -0.1) is 12.4 Å². The third kappa shape index (κ3) is 3.42. The largest absolute Gasteiger partial charge is 0.349 e. The second-order valence-electron chi connectivity index (χ2n) is 5.96. The average molecular weight is 323 g/mol. The summed E-state index contributed by atoms with van der Waals surface area (Å²) < 4.78 is 0. The summed E-state index contributed by atoms with van der Waals surface area (Å²) in [5.74, 6) is 1.32. The normalized spacial score (nSPS) is 20.8. The lowest BCUT2D eigenvalue weighted by Gasteiger charge is -2.16. The Kier molecular flexibility index (Phi) is 5.42. The first-order valence-electron chi connectivity index (χ1n) is 7.60. The van der Waals surface area contributed by atoms with Gasteiger partial charge in [0.25, 0.3) is 0 Å². The number of amides is 1. The fraction of sp³-hybridized carbons (Fsp3) is 0.500. The van der Waals surface area contributed by atoms with Crippen LogP contribution in [0.4, 0.5) is 0 Å². The molecule has 5 nitrogen and oxygen atoms in total. The molecule has 0 aliphatic heterocycles. The second kappa shape index (κ2) is 7.11. The van der Waals surface area contributed by atoms with Gasteiger partial charge >= 0.3 is 0 Å². The molecule has 4 N–H and O–H groups in total. The van der Waals surface area contributed by atoms with Crippen molar-refractivity contribution in [3.8, 4) is 0 Å². The molecule has 2 aromatic rings. The van der Waals surface area contributed by atoms with Crippen molar-refractivity contribution < 1.29 is 4.79 Å². The minimum Gasteiger partial charge on any atom is -0.349 e. The maximum Gasteiger partial charge on any atom is 0.223 e. The van der Waals surface area contributed by atoms with Crippen molar-refractivity contribution >= 4 is 29.3 Å². The highest BCUT2D eigenvalue weighted by molar-refractivity contribution is 5.85. The number of hydrogen-bond acceptors (Lipinski definition) is 3. The molecule has 1 heterocycles. The zero-order valence-corrected chi connectivity index (χ0v) is 13.6. The molecule has 1 aromatic carbocycles. The molecule has 3 rings (SSSR count). The predicted octanol–water partition coefficient (Wildman–Crippen LogP) is 2.28. The number of imidazole rings is 1. The van der Waals surface area contributed by atoms with E-state index in [-0.39, 0.29) is 24.2 Å². The van der Waals surface area contributed by atoms with Crippen LogP contribution in [-0.4, -0.2) is 22.4 Å². The molecule has 1 aromatic heterocycles. The smallest absolute Gasteiger partial charge is 0.223 e. The standard InChI is InChI=1S/C16H22N4O.ClH/c1-10-5-6-13-14(7-10)20-15(19-13)9-18-16(21)12-4-2-3-11(12)8-17;/h5-7,11-12H,2-4,8-9,17H2,1H3,(H,18,21)(H,19,20);1H/t11-,12-;/m1./s1. The van der Waals surface area contributed by atoms with Crippen molar-refractivity contribution in [3.63, 3.8) is 0 Å². The lowest BCUT2D eigenvalue weighted by atomic mass is 9.95. The number of aromatic nitrogens is 2. The molecule has 1 aliphatic carbocycles.